The predicted octanol–water partition coefficient (Wildman–Crippen LogP) is 3.48. The van der Waals surface area contributed by atoms with Crippen molar-refractivity contribution in [2.24, 2.45) is 5.92 Å². The lowest BCUT2D eigenvalue weighted by Crippen LogP contribution is -2.25. The first-order valence-electron chi connectivity index (χ1n) is 7.72. The van der Waals surface area contributed by atoms with Crippen LogP contribution in [0.25, 0.3) is 5.52 Å². The number of aryl methyl sites for hydroxylation is 1. The molecule has 1 saturated carbocycles. The van der Waals surface area contributed by atoms with Crippen molar-refractivity contribution in [3.05, 3.63) is 35.7 Å². The quantitative estimate of drug-likeness (QED) is 0.852. The van der Waals surface area contributed by atoms with Gasteiger partial charge in [0, 0.05) is 18.3 Å². The molecular formula is C17H25N3. The fraction of sp³-hybridized carbons (Fsp3) is 0.588. The average molecular weight is 271 g/mol. The van der Waals surface area contributed by atoms with Crippen LogP contribution in [0.2, 0.25) is 0 Å². The van der Waals surface area contributed by atoms with Gasteiger partial charge in [-0.1, -0.05) is 6.07 Å². The second kappa shape index (κ2) is 5.57. The van der Waals surface area contributed by atoms with Crippen molar-refractivity contribution >= 4 is 5.52 Å². The zero-order chi connectivity index (χ0) is 14.1. The Hall–Kier alpha value is -1.35. The predicted molar refractivity (Wildman–Crippen MR) is 83.2 cm³/mol. The number of hydrogen-bond donors (Lipinski definition) is 0. The summed E-state index contributed by atoms with van der Waals surface area (Å²) in [6, 6.07) is 4.42. The van der Waals surface area contributed by atoms with Gasteiger partial charge in [0.15, 0.2) is 0 Å². The smallest absolute Gasteiger partial charge is 0.0696 e. The number of pyridine rings is 1. The molecule has 2 heterocycles. The van der Waals surface area contributed by atoms with E-state index in [0.29, 0.717) is 5.92 Å². The Labute approximate surface area is 121 Å². The van der Waals surface area contributed by atoms with Gasteiger partial charge in [-0.25, -0.2) is 4.52 Å². The van der Waals surface area contributed by atoms with Gasteiger partial charge in [-0.15, -0.1) is 0 Å². The zero-order valence-corrected chi connectivity index (χ0v) is 12.8. The van der Waals surface area contributed by atoms with E-state index in [2.05, 4.69) is 55.5 Å². The van der Waals surface area contributed by atoms with Crippen LogP contribution in [0.15, 0.2) is 24.5 Å². The minimum absolute atomic E-state index is 0.702. The van der Waals surface area contributed by atoms with Gasteiger partial charge in [-0.2, -0.15) is 5.10 Å². The van der Waals surface area contributed by atoms with Crippen LogP contribution < -0.4 is 0 Å². The first-order chi connectivity index (χ1) is 9.63. The maximum Gasteiger partial charge on any atom is 0.0696 e. The maximum atomic E-state index is 4.53. The minimum Gasteiger partial charge on any atom is -0.309 e. The van der Waals surface area contributed by atoms with Gasteiger partial charge in [0.1, 0.15) is 0 Å². The molecule has 0 atom stereocenters. The van der Waals surface area contributed by atoms with Crippen LogP contribution in [0.5, 0.6) is 0 Å². The summed E-state index contributed by atoms with van der Waals surface area (Å²) in [5, 5.41) is 4.53. The molecule has 1 fully saturated rings. The molecule has 0 N–H and O–H groups in total. The van der Waals surface area contributed by atoms with E-state index in [0.717, 1.165) is 5.92 Å². The first kappa shape index (κ1) is 13.6. The standard InChI is InChI=1S/C17H25N3/c1-13-4-9-17-16(10-18-20(17)11-13)15-7-5-14(6-8-15)12-19(2)3/h4,9-11,14-15H,5-8,12H2,1-3H3. The molecule has 3 heteroatoms. The Kier molecular flexibility index (Phi) is 3.79. The zero-order valence-electron chi connectivity index (χ0n) is 12.8. The van der Waals surface area contributed by atoms with Gasteiger partial charge in [0.05, 0.1) is 11.7 Å². The molecule has 108 valence electrons. The molecule has 0 aliphatic heterocycles. The Morgan fingerprint density at radius 2 is 1.95 bits per heavy atom. The molecule has 0 amide bonds. The third-order valence-electron chi connectivity index (χ3n) is 4.60. The van der Waals surface area contributed by atoms with Crippen LogP contribution in [0, 0.1) is 12.8 Å². The lowest BCUT2D eigenvalue weighted by molar-refractivity contribution is 0.250. The molecule has 0 radical (unpaired) electrons. The Morgan fingerprint density at radius 1 is 1.20 bits per heavy atom. The van der Waals surface area contributed by atoms with Crippen molar-refractivity contribution in [1.82, 2.24) is 14.5 Å². The van der Waals surface area contributed by atoms with Crippen molar-refractivity contribution in [1.29, 1.82) is 0 Å². The van der Waals surface area contributed by atoms with E-state index in [1.807, 2.05) is 4.52 Å². The molecule has 0 spiro atoms. The van der Waals surface area contributed by atoms with Gasteiger partial charge in [-0.05, 0) is 70.2 Å². The monoisotopic (exact) mass is 271 g/mol. The van der Waals surface area contributed by atoms with Crippen LogP contribution in [0.3, 0.4) is 0 Å². The van der Waals surface area contributed by atoms with Gasteiger partial charge < -0.3 is 4.90 Å². The highest BCUT2D eigenvalue weighted by atomic mass is 15.2. The second-order valence-electron chi connectivity index (χ2n) is 6.62. The molecule has 3 rings (SSSR count). The van der Waals surface area contributed by atoms with Crippen molar-refractivity contribution in [3.8, 4) is 0 Å². The number of nitrogens with zero attached hydrogens (tertiary/aromatic N) is 3. The lowest BCUT2D eigenvalue weighted by Gasteiger charge is -2.30. The average Bonchev–Trinajstić information content (AvgIpc) is 2.82. The highest BCUT2D eigenvalue weighted by Gasteiger charge is 2.24. The van der Waals surface area contributed by atoms with Crippen molar-refractivity contribution < 1.29 is 0 Å². The number of aromatic nitrogens is 2. The summed E-state index contributed by atoms with van der Waals surface area (Å²) in [7, 11) is 4.36. The topological polar surface area (TPSA) is 20.5 Å². The third-order valence-corrected chi connectivity index (χ3v) is 4.60. The Bertz CT molecular complexity index is 577. The first-order valence-corrected chi connectivity index (χ1v) is 7.72. The second-order valence-corrected chi connectivity index (χ2v) is 6.62. The summed E-state index contributed by atoms with van der Waals surface area (Å²) < 4.78 is 2.04. The van der Waals surface area contributed by atoms with E-state index in [4.69, 9.17) is 0 Å². The van der Waals surface area contributed by atoms with Crippen molar-refractivity contribution in [2.75, 3.05) is 20.6 Å². The molecule has 2 aromatic rings. The largest absolute Gasteiger partial charge is 0.309 e. The molecule has 0 bridgehead atoms. The van der Waals surface area contributed by atoms with E-state index < -0.39 is 0 Å². The summed E-state index contributed by atoms with van der Waals surface area (Å²) in [5.74, 6) is 1.58. The molecule has 0 unspecified atom stereocenters. The Morgan fingerprint density at radius 3 is 2.65 bits per heavy atom. The number of hydrogen-bond acceptors (Lipinski definition) is 2. The molecule has 1 aliphatic carbocycles. The summed E-state index contributed by atoms with van der Waals surface area (Å²) in [5.41, 5.74) is 4.02. The molecule has 1 aliphatic rings. The van der Waals surface area contributed by atoms with Crippen molar-refractivity contribution in [2.45, 2.75) is 38.5 Å². The van der Waals surface area contributed by atoms with Crippen LogP contribution >= 0.6 is 0 Å². The van der Waals surface area contributed by atoms with E-state index in [1.54, 1.807) is 0 Å². The van der Waals surface area contributed by atoms with Crippen molar-refractivity contribution in [3.63, 3.8) is 0 Å². The minimum atomic E-state index is 0.702. The normalized spacial score (nSPS) is 23.6. The summed E-state index contributed by atoms with van der Waals surface area (Å²) in [4.78, 5) is 2.32. The van der Waals surface area contributed by atoms with Gasteiger partial charge in [0.2, 0.25) is 0 Å². The van der Waals surface area contributed by atoms with Gasteiger partial charge >= 0.3 is 0 Å². The fourth-order valence-corrected chi connectivity index (χ4v) is 3.59. The van der Waals surface area contributed by atoms with E-state index in [1.165, 1.54) is 48.9 Å². The maximum absolute atomic E-state index is 4.53. The van der Waals surface area contributed by atoms with E-state index in [9.17, 15) is 0 Å². The number of rotatable bonds is 3. The van der Waals surface area contributed by atoms with Gasteiger partial charge in [-0.3, -0.25) is 0 Å². The SMILES string of the molecule is Cc1ccc2c(C3CCC(CN(C)C)CC3)cnn2c1. The van der Waals surface area contributed by atoms with Crippen LogP contribution in [-0.4, -0.2) is 35.2 Å². The highest BCUT2D eigenvalue weighted by molar-refractivity contribution is 5.55. The van der Waals surface area contributed by atoms with E-state index >= 15 is 0 Å². The third kappa shape index (κ3) is 2.73. The van der Waals surface area contributed by atoms with Crippen LogP contribution in [-0.2, 0) is 0 Å². The molecule has 20 heavy (non-hydrogen) atoms. The highest BCUT2D eigenvalue weighted by Crippen LogP contribution is 2.37. The number of fused-ring (bicyclic) bond motifs is 1. The molecule has 3 nitrogen and oxygen atoms in total. The molecule has 0 saturated heterocycles. The molecular weight excluding hydrogens is 246 g/mol. The fourth-order valence-electron chi connectivity index (χ4n) is 3.59. The lowest BCUT2D eigenvalue weighted by atomic mass is 9.79. The summed E-state index contributed by atoms with van der Waals surface area (Å²) in [6.07, 6.45) is 9.54. The Balaban J connectivity index is 1.73. The summed E-state index contributed by atoms with van der Waals surface area (Å²) >= 11 is 0. The van der Waals surface area contributed by atoms with Crippen LogP contribution in [0.1, 0.15) is 42.7 Å². The molecule has 2 aromatic heterocycles. The van der Waals surface area contributed by atoms with Gasteiger partial charge in [0.25, 0.3) is 0 Å². The van der Waals surface area contributed by atoms with Crippen LogP contribution in [0.4, 0.5) is 0 Å². The summed E-state index contributed by atoms with van der Waals surface area (Å²) in [6.45, 7) is 3.36. The van der Waals surface area contributed by atoms with E-state index in [-0.39, 0.29) is 0 Å². The molecule has 0 aromatic carbocycles.